The lowest BCUT2D eigenvalue weighted by Crippen LogP contribution is -2.34. The van der Waals surface area contributed by atoms with Crippen molar-refractivity contribution in [2.45, 2.75) is 37.6 Å². The van der Waals surface area contributed by atoms with Gasteiger partial charge in [-0.2, -0.15) is 0 Å². The fraction of sp³-hybridized carbons (Fsp3) is 0.643. The van der Waals surface area contributed by atoms with Crippen molar-refractivity contribution in [3.63, 3.8) is 0 Å². The number of alkyl halides is 1. The van der Waals surface area contributed by atoms with E-state index in [9.17, 15) is 4.79 Å². The molecule has 1 aliphatic carbocycles. The summed E-state index contributed by atoms with van der Waals surface area (Å²) in [7, 11) is 0. The molecule has 0 aliphatic heterocycles. The van der Waals surface area contributed by atoms with Crippen molar-refractivity contribution in [3.05, 3.63) is 34.7 Å². The molecule has 1 heterocycles. The van der Waals surface area contributed by atoms with Gasteiger partial charge in [-0.05, 0) is 31.4 Å². The van der Waals surface area contributed by atoms with Gasteiger partial charge in [0.25, 0.3) is 5.56 Å². The first-order valence-corrected chi connectivity index (χ1v) is 7.21. The van der Waals surface area contributed by atoms with Gasteiger partial charge in [-0.1, -0.05) is 18.9 Å². The number of halogens is 1. The van der Waals surface area contributed by atoms with Crippen LogP contribution in [-0.2, 0) is 6.54 Å². The van der Waals surface area contributed by atoms with Gasteiger partial charge in [0, 0.05) is 30.7 Å². The van der Waals surface area contributed by atoms with Crippen molar-refractivity contribution < 1.29 is 0 Å². The summed E-state index contributed by atoms with van der Waals surface area (Å²) >= 11 is 6.31. The molecule has 1 aromatic rings. The lowest BCUT2D eigenvalue weighted by atomic mass is 9.89. The van der Waals surface area contributed by atoms with Gasteiger partial charge >= 0.3 is 0 Å². The Balaban J connectivity index is 1.70. The summed E-state index contributed by atoms with van der Waals surface area (Å²) in [5.74, 6) is 0.591. The lowest BCUT2D eigenvalue weighted by molar-refractivity contribution is 0.347. The number of hydrogen-bond donors (Lipinski definition) is 1. The molecule has 3 nitrogen and oxygen atoms in total. The Kier molecular flexibility index (Phi) is 5.26. The van der Waals surface area contributed by atoms with Crippen LogP contribution in [0.2, 0.25) is 0 Å². The molecule has 1 aliphatic rings. The van der Waals surface area contributed by atoms with Crippen LogP contribution in [0.25, 0.3) is 0 Å². The zero-order chi connectivity index (χ0) is 12.8. The predicted octanol–water partition coefficient (Wildman–Crippen LogP) is 2.24. The van der Waals surface area contributed by atoms with E-state index < -0.39 is 0 Å². The number of aromatic nitrogens is 1. The van der Waals surface area contributed by atoms with E-state index in [1.54, 1.807) is 16.7 Å². The molecule has 0 bridgehead atoms. The Morgan fingerprint density at radius 1 is 1.33 bits per heavy atom. The molecule has 0 amide bonds. The lowest BCUT2D eigenvalue weighted by Gasteiger charge is -2.27. The van der Waals surface area contributed by atoms with Crippen LogP contribution in [0.1, 0.15) is 25.7 Å². The molecule has 0 aromatic carbocycles. The average Bonchev–Trinajstić information content (AvgIpc) is 2.38. The summed E-state index contributed by atoms with van der Waals surface area (Å²) in [6, 6.07) is 5.25. The number of pyridine rings is 1. The van der Waals surface area contributed by atoms with Crippen LogP contribution in [0, 0.1) is 5.92 Å². The number of rotatable bonds is 5. The van der Waals surface area contributed by atoms with E-state index in [0.717, 1.165) is 26.1 Å². The SMILES string of the molecule is O=c1ccccn1CCNCC1CCCCC1Cl. The van der Waals surface area contributed by atoms with Gasteiger partial charge in [0.1, 0.15) is 0 Å². The third-order valence-corrected chi connectivity index (χ3v) is 4.23. The molecule has 100 valence electrons. The van der Waals surface area contributed by atoms with E-state index in [2.05, 4.69) is 5.32 Å². The maximum Gasteiger partial charge on any atom is 0.250 e. The fourth-order valence-corrected chi connectivity index (χ4v) is 2.89. The highest BCUT2D eigenvalue weighted by atomic mass is 35.5. The summed E-state index contributed by atoms with van der Waals surface area (Å²) in [4.78, 5) is 11.5. The first-order chi connectivity index (χ1) is 8.77. The fourth-order valence-electron chi connectivity index (χ4n) is 2.52. The molecule has 1 fully saturated rings. The van der Waals surface area contributed by atoms with Crippen LogP contribution >= 0.6 is 11.6 Å². The molecule has 1 N–H and O–H groups in total. The van der Waals surface area contributed by atoms with Crippen molar-refractivity contribution in [1.82, 2.24) is 9.88 Å². The van der Waals surface area contributed by atoms with Crippen LogP contribution in [0.5, 0.6) is 0 Å². The van der Waals surface area contributed by atoms with Gasteiger partial charge in [-0.25, -0.2) is 0 Å². The molecule has 0 radical (unpaired) electrons. The summed E-state index contributed by atoms with van der Waals surface area (Å²) in [6.45, 7) is 2.51. The Morgan fingerprint density at radius 2 is 2.17 bits per heavy atom. The normalized spacial score (nSPS) is 24.1. The summed E-state index contributed by atoms with van der Waals surface area (Å²) < 4.78 is 1.73. The van der Waals surface area contributed by atoms with Crippen LogP contribution in [0.3, 0.4) is 0 Å². The number of nitrogens with zero attached hydrogens (tertiary/aromatic N) is 1. The molecule has 18 heavy (non-hydrogen) atoms. The third-order valence-electron chi connectivity index (χ3n) is 3.65. The highest BCUT2D eigenvalue weighted by Gasteiger charge is 2.22. The van der Waals surface area contributed by atoms with Crippen molar-refractivity contribution in [2.75, 3.05) is 13.1 Å². The highest BCUT2D eigenvalue weighted by Crippen LogP contribution is 2.27. The topological polar surface area (TPSA) is 34.0 Å². The van der Waals surface area contributed by atoms with Gasteiger partial charge in [0.2, 0.25) is 0 Å². The standard InChI is InChI=1S/C14H21ClN2O/c15-13-6-2-1-5-12(13)11-16-8-10-17-9-4-3-7-14(17)18/h3-4,7,9,12-13,16H,1-2,5-6,8,10-11H2. The molecule has 1 saturated carbocycles. The third kappa shape index (κ3) is 3.85. The molecular formula is C14H21ClN2O. The predicted molar refractivity (Wildman–Crippen MR) is 75.2 cm³/mol. The minimum atomic E-state index is 0.0622. The second-order valence-electron chi connectivity index (χ2n) is 5.00. The quantitative estimate of drug-likeness (QED) is 0.656. The minimum Gasteiger partial charge on any atom is -0.315 e. The molecule has 0 spiro atoms. The first-order valence-electron chi connectivity index (χ1n) is 6.77. The maximum atomic E-state index is 11.5. The Labute approximate surface area is 113 Å². The van der Waals surface area contributed by atoms with Gasteiger partial charge in [-0.3, -0.25) is 4.79 Å². The van der Waals surface area contributed by atoms with E-state index in [0.29, 0.717) is 11.3 Å². The van der Waals surface area contributed by atoms with Crippen LogP contribution in [0.4, 0.5) is 0 Å². The van der Waals surface area contributed by atoms with Gasteiger partial charge in [0.05, 0.1) is 0 Å². The van der Waals surface area contributed by atoms with Crippen LogP contribution in [-0.4, -0.2) is 23.0 Å². The van der Waals surface area contributed by atoms with Gasteiger partial charge < -0.3 is 9.88 Å². The second-order valence-corrected chi connectivity index (χ2v) is 5.56. The largest absolute Gasteiger partial charge is 0.315 e. The second kappa shape index (κ2) is 6.95. The van der Waals surface area contributed by atoms with Crippen molar-refractivity contribution in [2.24, 2.45) is 5.92 Å². The summed E-state index contributed by atoms with van der Waals surface area (Å²) in [5, 5.41) is 3.74. The molecular weight excluding hydrogens is 248 g/mol. The van der Waals surface area contributed by atoms with Crippen LogP contribution in [0.15, 0.2) is 29.2 Å². The van der Waals surface area contributed by atoms with Crippen molar-refractivity contribution in [1.29, 1.82) is 0 Å². The van der Waals surface area contributed by atoms with Crippen molar-refractivity contribution >= 4 is 11.6 Å². The summed E-state index contributed by atoms with van der Waals surface area (Å²) in [6.07, 6.45) is 6.77. The Hall–Kier alpha value is -0.800. The zero-order valence-corrected chi connectivity index (χ0v) is 11.4. The average molecular weight is 269 g/mol. The zero-order valence-electron chi connectivity index (χ0n) is 10.6. The van der Waals surface area contributed by atoms with E-state index in [1.807, 2.05) is 12.3 Å². The van der Waals surface area contributed by atoms with E-state index in [4.69, 9.17) is 11.6 Å². The van der Waals surface area contributed by atoms with Crippen LogP contribution < -0.4 is 10.9 Å². The van der Waals surface area contributed by atoms with E-state index in [-0.39, 0.29) is 5.56 Å². The molecule has 2 rings (SSSR count). The maximum absolute atomic E-state index is 11.5. The molecule has 2 unspecified atom stereocenters. The molecule has 0 saturated heterocycles. The number of nitrogens with one attached hydrogen (secondary N) is 1. The Bertz CT molecular complexity index is 418. The van der Waals surface area contributed by atoms with Gasteiger partial charge in [0.15, 0.2) is 0 Å². The first kappa shape index (κ1) is 13.6. The monoisotopic (exact) mass is 268 g/mol. The number of hydrogen-bond acceptors (Lipinski definition) is 2. The highest BCUT2D eigenvalue weighted by molar-refractivity contribution is 6.20. The molecule has 1 aromatic heterocycles. The molecule has 4 heteroatoms. The smallest absolute Gasteiger partial charge is 0.250 e. The van der Waals surface area contributed by atoms with E-state index in [1.165, 1.54) is 19.3 Å². The summed E-state index contributed by atoms with van der Waals surface area (Å²) in [5.41, 5.74) is 0.0622. The Morgan fingerprint density at radius 3 is 2.94 bits per heavy atom. The minimum absolute atomic E-state index is 0.0622. The van der Waals surface area contributed by atoms with Gasteiger partial charge in [-0.15, -0.1) is 11.6 Å². The molecule has 2 atom stereocenters. The van der Waals surface area contributed by atoms with E-state index >= 15 is 0 Å². The van der Waals surface area contributed by atoms with Crippen molar-refractivity contribution in [3.8, 4) is 0 Å².